The number of alkyl halides is 3. The van der Waals surface area contributed by atoms with Crippen molar-refractivity contribution in [3.8, 4) is 11.8 Å². The Bertz CT molecular complexity index is 3600. The highest BCUT2D eigenvalue weighted by Crippen LogP contribution is 2.32. The highest BCUT2D eigenvalue weighted by atomic mass is 19.4. The summed E-state index contributed by atoms with van der Waals surface area (Å²) in [5, 5.41) is 19.0. The van der Waals surface area contributed by atoms with Gasteiger partial charge in [-0.25, -0.2) is 22.0 Å². The van der Waals surface area contributed by atoms with Crippen LogP contribution in [0.2, 0.25) is 0 Å². The molecule has 0 aliphatic heterocycles. The lowest BCUT2D eigenvalue weighted by atomic mass is 10.1. The fourth-order valence-corrected chi connectivity index (χ4v) is 7.39. The smallest absolute Gasteiger partial charge is 0.416 e. The summed E-state index contributed by atoms with van der Waals surface area (Å²) >= 11 is 0. The van der Waals surface area contributed by atoms with E-state index in [9.17, 15) is 45.2 Å². The standard InChI is InChI=1S/C9H9F3.C9H9N.C9H12O.2C8H8F2.C8H9F.C8H9NO2.C7H11N.C6H8O/c1-6-3-4-7(2)8(5-6)9(10,11)12;1-7-3-4-8(2)9(5-7)6-10;1-7-4-5-8(2)9(6-7)10-3;1-5-3-7(9)6(2)8(10)4-5;1-5-3-4-6(2)8(10)7(5)9;1-6-3-4-7(2)8(9)5-6;1-6-3-4-7(2)8(5-6)9(10)11;1-6-4-7(2)8(3)5-6;1-5-3-4-6(2)7-5/h3-5H,1-2H3;3-5H,1-2H3;4-6H,1-3H3;2*3-4H,1-2H3;3-5H,1-2H3;3-5H,1-2H3;4-5H,1-3H3;3-4H,1-2H3. The quantitative estimate of drug-likeness (QED) is 0.0976. The van der Waals surface area contributed by atoms with Gasteiger partial charge in [-0.15, -0.1) is 0 Å². The van der Waals surface area contributed by atoms with E-state index in [1.54, 1.807) is 71.2 Å². The fraction of sp³-hybridized carbons (Fsp3) is 0.292. The van der Waals surface area contributed by atoms with Crippen molar-refractivity contribution in [3.63, 3.8) is 0 Å². The maximum absolute atomic E-state index is 12.6. The number of aryl methyl sites for hydroxylation is 18. The van der Waals surface area contributed by atoms with Gasteiger partial charge in [-0.05, 0) is 246 Å². The predicted octanol–water partition coefficient (Wildman–Crippen LogP) is 21.2. The number of aromatic nitrogens is 1. The fourth-order valence-electron chi connectivity index (χ4n) is 7.39. The van der Waals surface area contributed by atoms with Crippen molar-refractivity contribution < 1.29 is 49.2 Å². The van der Waals surface area contributed by atoms with Gasteiger partial charge in [0.15, 0.2) is 11.6 Å². The molecule has 0 radical (unpaired) electrons. The summed E-state index contributed by atoms with van der Waals surface area (Å²) in [4.78, 5) is 10.0. The number of nitro benzene ring substituents is 1. The lowest BCUT2D eigenvalue weighted by molar-refractivity contribution is -0.385. The molecule has 2 heterocycles. The molecule has 0 amide bonds. The molecular formula is C72H83F8N3O4. The van der Waals surface area contributed by atoms with E-state index in [0.717, 1.165) is 51.2 Å². The average molecular weight is 1210 g/mol. The molecule has 7 aromatic carbocycles. The summed E-state index contributed by atoms with van der Waals surface area (Å²) in [5.74, 6) is 0.403. The van der Waals surface area contributed by atoms with Crippen LogP contribution in [0.15, 0.2) is 144 Å². The highest BCUT2D eigenvalue weighted by molar-refractivity contribution is 5.42. The van der Waals surface area contributed by atoms with E-state index >= 15 is 0 Å². The van der Waals surface area contributed by atoms with Crippen molar-refractivity contribution >= 4 is 5.69 Å². The van der Waals surface area contributed by atoms with Crippen molar-refractivity contribution in [2.75, 3.05) is 7.11 Å². The van der Waals surface area contributed by atoms with Crippen LogP contribution in [0.25, 0.3) is 0 Å². The number of hydrogen-bond donors (Lipinski definition) is 0. The molecule has 466 valence electrons. The Labute approximate surface area is 510 Å². The molecule has 9 rings (SSSR count). The molecular weight excluding hydrogens is 1120 g/mol. The normalized spacial score (nSPS) is 9.92. The number of furan rings is 1. The van der Waals surface area contributed by atoms with Gasteiger partial charge < -0.3 is 13.7 Å². The van der Waals surface area contributed by atoms with Gasteiger partial charge in [-0.3, -0.25) is 10.1 Å². The zero-order chi connectivity index (χ0) is 66.6. The van der Waals surface area contributed by atoms with Gasteiger partial charge >= 0.3 is 6.18 Å². The van der Waals surface area contributed by atoms with Crippen LogP contribution in [0.4, 0.5) is 40.8 Å². The van der Waals surface area contributed by atoms with Gasteiger partial charge in [0, 0.05) is 36.1 Å². The second-order valence-electron chi connectivity index (χ2n) is 21.1. The summed E-state index contributed by atoms with van der Waals surface area (Å²) < 4.78 is 112. The maximum Gasteiger partial charge on any atom is 0.416 e. The Morgan fingerprint density at radius 1 is 0.471 bits per heavy atom. The average Bonchev–Trinajstić information content (AvgIpc) is 4.03. The van der Waals surface area contributed by atoms with E-state index in [0.29, 0.717) is 33.4 Å². The molecule has 0 bridgehead atoms. The first-order valence-electron chi connectivity index (χ1n) is 27.6. The number of ether oxygens (including phenoxy) is 1. The Kier molecular flexibility index (Phi) is 32.4. The van der Waals surface area contributed by atoms with Crippen LogP contribution >= 0.6 is 0 Å². The van der Waals surface area contributed by atoms with Gasteiger partial charge in [-0.1, -0.05) is 78.4 Å². The van der Waals surface area contributed by atoms with Gasteiger partial charge in [0.2, 0.25) is 0 Å². The maximum atomic E-state index is 12.6. The summed E-state index contributed by atoms with van der Waals surface area (Å²) in [5.41, 5.74) is 13.3. The van der Waals surface area contributed by atoms with Crippen molar-refractivity contribution in [1.29, 1.82) is 5.26 Å². The molecule has 0 unspecified atom stereocenters. The molecule has 0 spiro atoms. The number of halogens is 8. The van der Waals surface area contributed by atoms with Crippen LogP contribution in [0.5, 0.6) is 5.75 Å². The first-order chi connectivity index (χ1) is 40.4. The molecule has 0 aliphatic rings. The predicted molar refractivity (Wildman–Crippen MR) is 337 cm³/mol. The van der Waals surface area contributed by atoms with Crippen molar-refractivity contribution in [1.82, 2.24) is 4.57 Å². The van der Waals surface area contributed by atoms with Gasteiger partial charge in [0.1, 0.15) is 34.7 Å². The number of nitro groups is 1. The summed E-state index contributed by atoms with van der Waals surface area (Å²) in [6.45, 7) is 32.6. The summed E-state index contributed by atoms with van der Waals surface area (Å²) in [6.07, 6.45) is -2.11. The van der Waals surface area contributed by atoms with Crippen molar-refractivity contribution in [3.05, 3.63) is 291 Å². The molecule has 87 heavy (non-hydrogen) atoms. The number of nitrogens with zero attached hydrogens (tertiary/aromatic N) is 3. The molecule has 0 aliphatic carbocycles. The van der Waals surface area contributed by atoms with Crippen molar-refractivity contribution in [2.24, 2.45) is 7.05 Å². The first-order valence-corrected chi connectivity index (χ1v) is 27.6. The summed E-state index contributed by atoms with van der Waals surface area (Å²) in [6, 6.07) is 40.8. The molecule has 0 saturated heterocycles. The molecule has 15 heteroatoms. The third-order valence-corrected chi connectivity index (χ3v) is 12.8. The lowest BCUT2D eigenvalue weighted by Crippen LogP contribution is -2.07. The molecule has 0 fully saturated rings. The zero-order valence-electron chi connectivity index (χ0n) is 53.8. The van der Waals surface area contributed by atoms with Crippen LogP contribution in [-0.2, 0) is 13.2 Å². The largest absolute Gasteiger partial charge is 0.496 e. The number of rotatable bonds is 2. The minimum absolute atomic E-state index is 0.0885. The van der Waals surface area contributed by atoms with E-state index < -0.39 is 35.0 Å². The van der Waals surface area contributed by atoms with E-state index in [1.165, 1.54) is 74.3 Å². The molecule has 9 aromatic rings. The van der Waals surface area contributed by atoms with Gasteiger partial charge in [-0.2, -0.15) is 18.4 Å². The summed E-state index contributed by atoms with van der Waals surface area (Å²) in [7, 11) is 3.75. The third-order valence-electron chi connectivity index (χ3n) is 12.8. The van der Waals surface area contributed by atoms with Crippen LogP contribution < -0.4 is 4.74 Å². The van der Waals surface area contributed by atoms with Gasteiger partial charge in [0.05, 0.1) is 29.2 Å². The topological polar surface area (TPSA) is 94.2 Å². The SMILES string of the molecule is COc1cc(C)ccc1C.Cc1cc(C)n(C)c1.Cc1cc(F)c(C)c(F)c1.Cc1ccc(C)c(C#N)c1.Cc1ccc(C)c(C(F)(F)F)c1.Cc1ccc(C)c(F)c1.Cc1ccc(C)c(F)c1F.Cc1ccc(C)c([N+](=O)[O-])c1.Cc1ccc(C)o1. The number of benzene rings is 7. The molecule has 0 N–H and O–H groups in total. The number of nitriles is 1. The Balaban J connectivity index is 0.000000491. The number of methoxy groups -OCH3 is 1. The van der Waals surface area contributed by atoms with Crippen LogP contribution in [-0.4, -0.2) is 16.6 Å². The zero-order valence-corrected chi connectivity index (χ0v) is 53.8. The van der Waals surface area contributed by atoms with Crippen LogP contribution in [0.1, 0.15) is 112 Å². The second kappa shape index (κ2) is 36.9. The molecule has 7 nitrogen and oxygen atoms in total. The Morgan fingerprint density at radius 3 is 1.21 bits per heavy atom. The number of hydrogen-bond acceptors (Lipinski definition) is 5. The van der Waals surface area contributed by atoms with Gasteiger partial charge in [0.25, 0.3) is 5.69 Å². The van der Waals surface area contributed by atoms with E-state index in [1.807, 2.05) is 97.0 Å². The molecule has 0 atom stereocenters. The van der Waals surface area contributed by atoms with Crippen LogP contribution in [0, 0.1) is 175 Å². The molecule has 2 aromatic heterocycles. The third kappa shape index (κ3) is 28.3. The Hall–Kier alpha value is -8.77. The minimum atomic E-state index is -4.23. The lowest BCUT2D eigenvalue weighted by Gasteiger charge is -2.10. The highest BCUT2D eigenvalue weighted by Gasteiger charge is 2.32. The monoisotopic (exact) mass is 1210 g/mol. The minimum Gasteiger partial charge on any atom is -0.496 e. The van der Waals surface area contributed by atoms with E-state index in [2.05, 4.69) is 62.9 Å². The second-order valence-corrected chi connectivity index (χ2v) is 21.1. The van der Waals surface area contributed by atoms with E-state index in [4.69, 9.17) is 14.4 Å². The van der Waals surface area contributed by atoms with E-state index in [-0.39, 0.29) is 27.6 Å². The Morgan fingerprint density at radius 2 is 0.874 bits per heavy atom. The van der Waals surface area contributed by atoms with Crippen LogP contribution in [0.3, 0.4) is 0 Å². The molecule has 0 saturated carbocycles. The van der Waals surface area contributed by atoms with Crippen molar-refractivity contribution in [2.45, 2.75) is 131 Å². The first kappa shape index (κ1) is 76.2.